The average Bonchev–Trinajstić information content (AvgIpc) is 2.82. The highest BCUT2D eigenvalue weighted by atomic mass is 79.9. The number of anilines is 1. The Balaban J connectivity index is 1.91. The number of likely N-dealkylation sites (N-methyl/N-ethyl adjacent to an activating group) is 1. The minimum atomic E-state index is -0.905. The molecule has 0 saturated heterocycles. The van der Waals surface area contributed by atoms with Crippen molar-refractivity contribution in [3.8, 4) is 11.5 Å². The summed E-state index contributed by atoms with van der Waals surface area (Å²) in [7, 11) is 4.53. The van der Waals surface area contributed by atoms with Gasteiger partial charge < -0.3 is 19.7 Å². The third-order valence-electron chi connectivity index (χ3n) is 6.13. The Hall–Kier alpha value is -3.39. The summed E-state index contributed by atoms with van der Waals surface area (Å²) in [6, 6.07) is 14.0. The number of fused-ring (bicyclic) bond motifs is 1. The van der Waals surface area contributed by atoms with Gasteiger partial charge in [0.1, 0.15) is 5.82 Å². The van der Waals surface area contributed by atoms with E-state index >= 15 is 0 Å². The summed E-state index contributed by atoms with van der Waals surface area (Å²) in [5.74, 6) is -1.36. The first-order valence-corrected chi connectivity index (χ1v) is 11.4. The normalized spacial score (nSPS) is 17.2. The van der Waals surface area contributed by atoms with Crippen LogP contribution in [0.2, 0.25) is 0 Å². The van der Waals surface area contributed by atoms with Crippen LogP contribution in [0.3, 0.4) is 0 Å². The zero-order valence-electron chi connectivity index (χ0n) is 19.2. The molecule has 0 spiro atoms. The SMILES string of the molecule is COc1cc2c(cc1OC)C(C(=O)Nc1ccc(Br)cc1C)C(c1ccccc1F)N(C)C2=O. The van der Waals surface area contributed by atoms with Gasteiger partial charge in [-0.25, -0.2) is 4.39 Å². The molecule has 3 aromatic rings. The average molecular weight is 527 g/mol. The molecule has 0 aliphatic carbocycles. The molecule has 1 aliphatic rings. The van der Waals surface area contributed by atoms with Gasteiger partial charge in [0.15, 0.2) is 11.5 Å². The third kappa shape index (κ3) is 4.14. The minimum absolute atomic E-state index is 0.256. The molecule has 8 heteroatoms. The summed E-state index contributed by atoms with van der Waals surface area (Å²) < 4.78 is 26.7. The van der Waals surface area contributed by atoms with E-state index in [1.54, 1.807) is 43.4 Å². The van der Waals surface area contributed by atoms with Crippen LogP contribution < -0.4 is 14.8 Å². The predicted molar refractivity (Wildman–Crippen MR) is 131 cm³/mol. The summed E-state index contributed by atoms with van der Waals surface area (Å²) in [6.45, 7) is 1.88. The first-order valence-electron chi connectivity index (χ1n) is 10.6. The van der Waals surface area contributed by atoms with E-state index in [0.717, 1.165) is 10.0 Å². The maximum absolute atomic E-state index is 15.0. The van der Waals surface area contributed by atoms with E-state index in [0.29, 0.717) is 28.3 Å². The fourth-order valence-electron chi connectivity index (χ4n) is 4.41. The molecule has 1 heterocycles. The van der Waals surface area contributed by atoms with Gasteiger partial charge in [0.2, 0.25) is 5.91 Å². The predicted octanol–water partition coefficient (Wildman–Crippen LogP) is 5.46. The van der Waals surface area contributed by atoms with E-state index in [2.05, 4.69) is 21.2 Å². The van der Waals surface area contributed by atoms with Gasteiger partial charge in [0, 0.05) is 28.3 Å². The van der Waals surface area contributed by atoms with E-state index in [-0.39, 0.29) is 17.4 Å². The molecule has 2 unspecified atom stereocenters. The highest BCUT2D eigenvalue weighted by molar-refractivity contribution is 9.10. The summed E-state index contributed by atoms with van der Waals surface area (Å²) >= 11 is 3.43. The Labute approximate surface area is 205 Å². The topological polar surface area (TPSA) is 67.9 Å². The summed E-state index contributed by atoms with van der Waals surface area (Å²) in [4.78, 5) is 28.6. The van der Waals surface area contributed by atoms with Crippen LogP contribution in [0.25, 0.3) is 0 Å². The van der Waals surface area contributed by atoms with Gasteiger partial charge in [-0.3, -0.25) is 9.59 Å². The molecular weight excluding hydrogens is 503 g/mol. The zero-order valence-corrected chi connectivity index (χ0v) is 20.8. The fraction of sp³-hybridized carbons (Fsp3) is 0.231. The summed E-state index contributed by atoms with van der Waals surface area (Å²) in [6.07, 6.45) is 0. The summed E-state index contributed by atoms with van der Waals surface area (Å²) in [5, 5.41) is 2.98. The van der Waals surface area contributed by atoms with Crippen molar-refractivity contribution in [2.75, 3.05) is 26.6 Å². The molecule has 0 bridgehead atoms. The molecule has 0 fully saturated rings. The van der Waals surface area contributed by atoms with Crippen LogP contribution >= 0.6 is 15.9 Å². The first kappa shape index (κ1) is 23.8. The van der Waals surface area contributed by atoms with Crippen molar-refractivity contribution in [1.82, 2.24) is 4.90 Å². The number of rotatable bonds is 5. The van der Waals surface area contributed by atoms with Gasteiger partial charge in [-0.15, -0.1) is 0 Å². The van der Waals surface area contributed by atoms with E-state index in [1.165, 1.54) is 25.2 Å². The molecule has 0 radical (unpaired) electrons. The van der Waals surface area contributed by atoms with Crippen molar-refractivity contribution in [1.29, 1.82) is 0 Å². The van der Waals surface area contributed by atoms with Crippen LogP contribution in [0, 0.1) is 12.7 Å². The number of ether oxygens (including phenoxy) is 2. The van der Waals surface area contributed by atoms with Gasteiger partial charge >= 0.3 is 0 Å². The smallest absolute Gasteiger partial charge is 0.254 e. The number of amides is 2. The van der Waals surface area contributed by atoms with E-state index in [1.807, 2.05) is 19.1 Å². The molecule has 0 saturated carbocycles. The maximum Gasteiger partial charge on any atom is 0.254 e. The molecule has 4 rings (SSSR count). The second-order valence-corrected chi connectivity index (χ2v) is 9.02. The van der Waals surface area contributed by atoms with Crippen LogP contribution in [-0.4, -0.2) is 38.0 Å². The van der Waals surface area contributed by atoms with E-state index in [4.69, 9.17) is 9.47 Å². The van der Waals surface area contributed by atoms with Gasteiger partial charge in [-0.2, -0.15) is 0 Å². The van der Waals surface area contributed by atoms with Gasteiger partial charge in [0.05, 0.1) is 26.2 Å². The molecular formula is C26H24BrFN2O4. The molecule has 6 nitrogen and oxygen atoms in total. The third-order valence-corrected chi connectivity index (χ3v) is 6.62. The van der Waals surface area contributed by atoms with Crippen LogP contribution in [0.5, 0.6) is 11.5 Å². The standard InChI is InChI=1S/C26H24BrFN2O4/c1-14-11-15(27)9-10-20(14)29-25(31)23-17-12-21(33-3)22(34-4)13-18(17)26(32)30(2)24(23)16-7-5-6-8-19(16)28/h5-13,23-24H,1-4H3,(H,29,31). The number of hydrogen-bond donors (Lipinski definition) is 1. The Morgan fingerprint density at radius 3 is 2.35 bits per heavy atom. The second kappa shape index (κ2) is 9.46. The number of benzene rings is 3. The van der Waals surface area contributed by atoms with Crippen LogP contribution in [-0.2, 0) is 4.79 Å². The fourth-order valence-corrected chi connectivity index (χ4v) is 4.89. The number of halogens is 2. The summed E-state index contributed by atoms with van der Waals surface area (Å²) in [5.41, 5.74) is 2.49. The largest absolute Gasteiger partial charge is 0.493 e. The minimum Gasteiger partial charge on any atom is -0.493 e. The molecule has 0 aromatic heterocycles. The molecule has 1 aliphatic heterocycles. The zero-order chi connectivity index (χ0) is 24.6. The second-order valence-electron chi connectivity index (χ2n) is 8.10. The Bertz CT molecular complexity index is 1280. The number of nitrogens with one attached hydrogen (secondary N) is 1. The Morgan fingerprint density at radius 2 is 1.71 bits per heavy atom. The Morgan fingerprint density at radius 1 is 1.03 bits per heavy atom. The van der Waals surface area contributed by atoms with Gasteiger partial charge in [0.25, 0.3) is 5.91 Å². The van der Waals surface area contributed by atoms with Crippen LogP contribution in [0.1, 0.15) is 39.0 Å². The number of nitrogens with zero attached hydrogens (tertiary/aromatic N) is 1. The monoisotopic (exact) mass is 526 g/mol. The van der Waals surface area contributed by atoms with Crippen molar-refractivity contribution in [3.63, 3.8) is 0 Å². The van der Waals surface area contributed by atoms with Gasteiger partial charge in [-0.1, -0.05) is 34.1 Å². The quantitative estimate of drug-likeness (QED) is 0.479. The molecule has 1 N–H and O–H groups in total. The lowest BCUT2D eigenvalue weighted by molar-refractivity contribution is -0.119. The number of carbonyl (C=O) groups excluding carboxylic acids is 2. The van der Waals surface area contributed by atoms with Crippen molar-refractivity contribution < 1.29 is 23.5 Å². The van der Waals surface area contributed by atoms with Crippen molar-refractivity contribution in [2.45, 2.75) is 18.9 Å². The molecule has 2 atom stereocenters. The molecule has 176 valence electrons. The Kier molecular flexibility index (Phi) is 6.61. The van der Waals surface area contributed by atoms with Crippen LogP contribution in [0.15, 0.2) is 59.1 Å². The lowest BCUT2D eigenvalue weighted by Gasteiger charge is -2.40. The number of aryl methyl sites for hydroxylation is 1. The lowest BCUT2D eigenvalue weighted by atomic mass is 9.79. The number of hydrogen-bond acceptors (Lipinski definition) is 4. The highest BCUT2D eigenvalue weighted by Crippen LogP contribution is 2.46. The molecule has 2 amide bonds. The lowest BCUT2D eigenvalue weighted by Crippen LogP contribution is -2.44. The maximum atomic E-state index is 15.0. The van der Waals surface area contributed by atoms with Crippen LogP contribution in [0.4, 0.5) is 10.1 Å². The van der Waals surface area contributed by atoms with Crippen molar-refractivity contribution in [3.05, 3.63) is 87.1 Å². The van der Waals surface area contributed by atoms with Gasteiger partial charge in [-0.05, 0) is 54.4 Å². The first-order chi connectivity index (χ1) is 16.3. The van der Waals surface area contributed by atoms with Crippen molar-refractivity contribution >= 4 is 33.4 Å². The van der Waals surface area contributed by atoms with Crippen molar-refractivity contribution in [2.24, 2.45) is 0 Å². The van der Waals surface area contributed by atoms with E-state index in [9.17, 15) is 14.0 Å². The highest BCUT2D eigenvalue weighted by Gasteiger charge is 2.44. The molecule has 3 aromatic carbocycles. The molecule has 34 heavy (non-hydrogen) atoms. The van der Waals surface area contributed by atoms with E-state index < -0.39 is 17.8 Å². The number of methoxy groups -OCH3 is 2. The number of carbonyl (C=O) groups is 2.